The van der Waals surface area contributed by atoms with Crippen LogP contribution in [0.3, 0.4) is 0 Å². The van der Waals surface area contributed by atoms with Gasteiger partial charge in [-0.3, -0.25) is 4.90 Å². The van der Waals surface area contributed by atoms with Crippen LogP contribution in [0.2, 0.25) is 0 Å². The number of hydrogen-bond acceptors (Lipinski definition) is 2. The van der Waals surface area contributed by atoms with Crippen molar-refractivity contribution in [1.29, 1.82) is 0 Å². The van der Waals surface area contributed by atoms with Gasteiger partial charge in [-0.1, -0.05) is 26.2 Å². The van der Waals surface area contributed by atoms with E-state index in [9.17, 15) is 0 Å². The summed E-state index contributed by atoms with van der Waals surface area (Å²) < 4.78 is 0. The predicted molar refractivity (Wildman–Crippen MR) is 83.5 cm³/mol. The summed E-state index contributed by atoms with van der Waals surface area (Å²) in [5.41, 5.74) is 0. The summed E-state index contributed by atoms with van der Waals surface area (Å²) in [6, 6.07) is 2.32. The molecule has 2 nitrogen and oxygen atoms in total. The standard InChI is InChI=1S/C17H34N2/c1-4-12-18-17(16-10-5-6-11-16)13-19-14(2)8-7-9-15(19)3/h14-18H,4-13H2,1-3H3/t14-,15+,17?. The lowest BCUT2D eigenvalue weighted by Crippen LogP contribution is -2.52. The lowest BCUT2D eigenvalue weighted by molar-refractivity contribution is 0.0807. The van der Waals surface area contributed by atoms with Crippen molar-refractivity contribution in [2.24, 2.45) is 5.92 Å². The van der Waals surface area contributed by atoms with E-state index < -0.39 is 0 Å². The highest BCUT2D eigenvalue weighted by Crippen LogP contribution is 2.30. The van der Waals surface area contributed by atoms with Crippen LogP contribution in [0.4, 0.5) is 0 Å². The Balaban J connectivity index is 1.93. The van der Waals surface area contributed by atoms with Crippen molar-refractivity contribution in [1.82, 2.24) is 10.2 Å². The molecule has 1 unspecified atom stereocenters. The molecule has 1 saturated heterocycles. The normalized spacial score (nSPS) is 31.7. The molecule has 0 radical (unpaired) electrons. The minimum absolute atomic E-state index is 0.741. The molecule has 0 aromatic rings. The van der Waals surface area contributed by atoms with Crippen LogP contribution in [-0.2, 0) is 0 Å². The topological polar surface area (TPSA) is 15.3 Å². The van der Waals surface area contributed by atoms with Gasteiger partial charge in [0.1, 0.15) is 0 Å². The molecule has 1 heterocycles. The van der Waals surface area contributed by atoms with Crippen molar-refractivity contribution in [3.63, 3.8) is 0 Å². The maximum atomic E-state index is 3.86. The second kappa shape index (κ2) is 7.64. The van der Waals surface area contributed by atoms with Gasteiger partial charge in [0, 0.05) is 24.7 Å². The van der Waals surface area contributed by atoms with Crippen LogP contribution in [-0.4, -0.2) is 36.1 Å². The summed E-state index contributed by atoms with van der Waals surface area (Å²) in [5, 5.41) is 3.86. The maximum Gasteiger partial charge on any atom is 0.0223 e. The molecule has 1 aliphatic carbocycles. The third-order valence-electron chi connectivity index (χ3n) is 5.41. The fourth-order valence-electron chi connectivity index (χ4n) is 4.13. The third kappa shape index (κ3) is 4.19. The van der Waals surface area contributed by atoms with E-state index in [1.165, 1.54) is 64.5 Å². The number of rotatable bonds is 6. The summed E-state index contributed by atoms with van der Waals surface area (Å²) in [5.74, 6) is 0.938. The molecule has 19 heavy (non-hydrogen) atoms. The van der Waals surface area contributed by atoms with Crippen LogP contribution in [0.5, 0.6) is 0 Å². The molecule has 2 fully saturated rings. The first-order valence-electron chi connectivity index (χ1n) is 8.71. The van der Waals surface area contributed by atoms with E-state index >= 15 is 0 Å². The van der Waals surface area contributed by atoms with Gasteiger partial charge in [0.15, 0.2) is 0 Å². The van der Waals surface area contributed by atoms with E-state index in [2.05, 4.69) is 31.0 Å². The van der Waals surface area contributed by atoms with Crippen molar-refractivity contribution in [2.75, 3.05) is 13.1 Å². The van der Waals surface area contributed by atoms with Gasteiger partial charge in [-0.05, 0) is 58.4 Å². The van der Waals surface area contributed by atoms with E-state index in [0.29, 0.717) is 0 Å². The van der Waals surface area contributed by atoms with Gasteiger partial charge < -0.3 is 5.32 Å². The quantitative estimate of drug-likeness (QED) is 0.786. The zero-order valence-electron chi connectivity index (χ0n) is 13.3. The third-order valence-corrected chi connectivity index (χ3v) is 5.41. The Morgan fingerprint density at radius 3 is 2.21 bits per heavy atom. The number of hydrogen-bond donors (Lipinski definition) is 1. The van der Waals surface area contributed by atoms with Gasteiger partial charge in [0.25, 0.3) is 0 Å². The molecule has 2 aliphatic rings. The van der Waals surface area contributed by atoms with Crippen LogP contribution < -0.4 is 5.32 Å². The van der Waals surface area contributed by atoms with Crippen molar-refractivity contribution in [3.8, 4) is 0 Å². The molecule has 2 rings (SSSR count). The van der Waals surface area contributed by atoms with Gasteiger partial charge in [0.05, 0.1) is 0 Å². The van der Waals surface area contributed by atoms with Gasteiger partial charge in [-0.2, -0.15) is 0 Å². The molecule has 1 N–H and O–H groups in total. The Morgan fingerprint density at radius 1 is 1.00 bits per heavy atom. The Labute approximate surface area is 120 Å². The number of nitrogens with one attached hydrogen (secondary N) is 1. The van der Waals surface area contributed by atoms with Gasteiger partial charge in [-0.25, -0.2) is 0 Å². The van der Waals surface area contributed by atoms with Crippen molar-refractivity contribution >= 4 is 0 Å². The Kier molecular flexibility index (Phi) is 6.15. The maximum absolute atomic E-state index is 3.86. The van der Waals surface area contributed by atoms with E-state index in [1.807, 2.05) is 0 Å². The first-order valence-corrected chi connectivity index (χ1v) is 8.71. The minimum Gasteiger partial charge on any atom is -0.312 e. The van der Waals surface area contributed by atoms with Gasteiger partial charge >= 0.3 is 0 Å². The van der Waals surface area contributed by atoms with Crippen LogP contribution in [0, 0.1) is 5.92 Å². The molecule has 3 atom stereocenters. The summed E-state index contributed by atoms with van der Waals surface area (Å²) in [7, 11) is 0. The van der Waals surface area contributed by atoms with Crippen LogP contribution >= 0.6 is 0 Å². The molecule has 0 amide bonds. The monoisotopic (exact) mass is 266 g/mol. The highest BCUT2D eigenvalue weighted by molar-refractivity contribution is 4.88. The molecule has 1 aliphatic heterocycles. The SMILES string of the molecule is CCCNC(CN1[C@H](C)CCC[C@@H]1C)C1CCCC1. The lowest BCUT2D eigenvalue weighted by atomic mass is 9.92. The zero-order chi connectivity index (χ0) is 13.7. The Bertz CT molecular complexity index is 238. The average Bonchev–Trinajstić information content (AvgIpc) is 2.91. The number of piperidine rings is 1. The van der Waals surface area contributed by atoms with Crippen molar-refractivity contribution < 1.29 is 0 Å². The molecule has 0 aromatic carbocycles. The number of nitrogens with zero attached hydrogens (tertiary/aromatic N) is 1. The Hall–Kier alpha value is -0.0800. The fraction of sp³-hybridized carbons (Fsp3) is 1.00. The largest absolute Gasteiger partial charge is 0.312 e. The molecular formula is C17H34N2. The van der Waals surface area contributed by atoms with E-state index in [4.69, 9.17) is 0 Å². The molecule has 112 valence electrons. The molecule has 0 spiro atoms. The molecule has 0 bridgehead atoms. The molecule has 2 heteroatoms. The number of likely N-dealkylation sites (tertiary alicyclic amines) is 1. The van der Waals surface area contributed by atoms with Gasteiger partial charge in [-0.15, -0.1) is 0 Å². The van der Waals surface area contributed by atoms with E-state index in [1.54, 1.807) is 0 Å². The fourth-order valence-corrected chi connectivity index (χ4v) is 4.13. The Morgan fingerprint density at radius 2 is 1.63 bits per heavy atom. The molecule has 0 aromatic heterocycles. The van der Waals surface area contributed by atoms with E-state index in [0.717, 1.165) is 24.0 Å². The zero-order valence-corrected chi connectivity index (χ0v) is 13.3. The second-order valence-electron chi connectivity index (χ2n) is 6.93. The highest BCUT2D eigenvalue weighted by atomic mass is 15.2. The second-order valence-corrected chi connectivity index (χ2v) is 6.93. The first-order chi connectivity index (χ1) is 9.22. The summed E-state index contributed by atoms with van der Waals surface area (Å²) in [6.45, 7) is 9.62. The van der Waals surface area contributed by atoms with Gasteiger partial charge in [0.2, 0.25) is 0 Å². The predicted octanol–water partition coefficient (Wildman–Crippen LogP) is 3.81. The van der Waals surface area contributed by atoms with Crippen LogP contribution in [0.1, 0.15) is 72.1 Å². The average molecular weight is 266 g/mol. The highest BCUT2D eigenvalue weighted by Gasteiger charge is 2.31. The van der Waals surface area contributed by atoms with E-state index in [-0.39, 0.29) is 0 Å². The summed E-state index contributed by atoms with van der Waals surface area (Å²) in [6.07, 6.45) is 11.3. The summed E-state index contributed by atoms with van der Waals surface area (Å²) in [4.78, 5) is 2.79. The van der Waals surface area contributed by atoms with Crippen molar-refractivity contribution in [2.45, 2.75) is 90.3 Å². The minimum atomic E-state index is 0.741. The first kappa shape index (κ1) is 15.3. The summed E-state index contributed by atoms with van der Waals surface area (Å²) >= 11 is 0. The van der Waals surface area contributed by atoms with Crippen LogP contribution in [0.15, 0.2) is 0 Å². The lowest BCUT2D eigenvalue weighted by Gasteiger charge is -2.42. The van der Waals surface area contributed by atoms with Crippen LogP contribution in [0.25, 0.3) is 0 Å². The molecule has 1 saturated carbocycles. The van der Waals surface area contributed by atoms with Crippen molar-refractivity contribution in [3.05, 3.63) is 0 Å². The molecular weight excluding hydrogens is 232 g/mol. The smallest absolute Gasteiger partial charge is 0.0223 e.